The van der Waals surface area contributed by atoms with E-state index in [1.165, 1.54) is 0 Å². The Morgan fingerprint density at radius 1 is 1.08 bits per heavy atom. The van der Waals surface area contributed by atoms with E-state index in [1.54, 1.807) is 48.5 Å². The minimum Gasteiger partial charge on any atom is -0.376 e. The summed E-state index contributed by atoms with van der Waals surface area (Å²) >= 11 is 5.82. The van der Waals surface area contributed by atoms with Crippen molar-refractivity contribution in [3.8, 4) is 0 Å². The molecule has 136 valence electrons. The smallest absolute Gasteiger partial charge is 0.323 e. The molecule has 2 aromatic rings. The van der Waals surface area contributed by atoms with Gasteiger partial charge in [-0.3, -0.25) is 4.79 Å². The number of anilines is 2. The predicted molar refractivity (Wildman–Crippen MR) is 102 cm³/mol. The zero-order valence-corrected chi connectivity index (χ0v) is 14.9. The lowest BCUT2D eigenvalue weighted by molar-refractivity contribution is 0.0858. The van der Waals surface area contributed by atoms with Crippen LogP contribution in [0.2, 0.25) is 5.02 Å². The summed E-state index contributed by atoms with van der Waals surface area (Å²) in [5.41, 5.74) is 1.63. The molecule has 3 N–H and O–H groups in total. The summed E-state index contributed by atoms with van der Waals surface area (Å²) in [4.78, 5) is 24.3. The Bertz CT molecular complexity index is 774. The zero-order valence-electron chi connectivity index (χ0n) is 14.1. The highest BCUT2D eigenvalue weighted by molar-refractivity contribution is 6.30. The molecular weight excluding hydrogens is 354 g/mol. The van der Waals surface area contributed by atoms with Crippen LogP contribution >= 0.6 is 11.6 Å². The SMILES string of the molecule is O=C(Nc1ccc(Cl)cc1)Nc1cccc(C(=O)NCC2CCCO2)c1. The summed E-state index contributed by atoms with van der Waals surface area (Å²) in [6, 6.07) is 13.2. The van der Waals surface area contributed by atoms with Crippen molar-refractivity contribution in [2.75, 3.05) is 23.8 Å². The van der Waals surface area contributed by atoms with Gasteiger partial charge in [-0.1, -0.05) is 17.7 Å². The molecule has 1 aliphatic heterocycles. The van der Waals surface area contributed by atoms with Crippen molar-refractivity contribution in [2.24, 2.45) is 0 Å². The molecule has 0 bridgehead atoms. The first kappa shape index (κ1) is 18.2. The number of carbonyl (C=O) groups excluding carboxylic acids is 2. The van der Waals surface area contributed by atoms with Crippen LogP contribution in [0, 0.1) is 0 Å². The maximum absolute atomic E-state index is 12.3. The summed E-state index contributed by atoms with van der Waals surface area (Å²) < 4.78 is 5.49. The first-order valence-electron chi connectivity index (χ1n) is 8.43. The molecule has 2 aromatic carbocycles. The molecule has 0 saturated carbocycles. The lowest BCUT2D eigenvalue weighted by Crippen LogP contribution is -2.31. The quantitative estimate of drug-likeness (QED) is 0.743. The fourth-order valence-electron chi connectivity index (χ4n) is 2.68. The van der Waals surface area contributed by atoms with Gasteiger partial charge in [0.15, 0.2) is 0 Å². The molecule has 1 fully saturated rings. The van der Waals surface area contributed by atoms with Gasteiger partial charge in [-0.2, -0.15) is 0 Å². The van der Waals surface area contributed by atoms with E-state index in [-0.39, 0.29) is 12.0 Å². The predicted octanol–water partition coefficient (Wildman–Crippen LogP) is 3.89. The largest absolute Gasteiger partial charge is 0.376 e. The summed E-state index contributed by atoms with van der Waals surface area (Å²) in [5, 5.41) is 8.87. The van der Waals surface area contributed by atoms with Crippen molar-refractivity contribution in [1.82, 2.24) is 5.32 Å². The van der Waals surface area contributed by atoms with Gasteiger partial charge in [0.1, 0.15) is 0 Å². The molecule has 6 nitrogen and oxygen atoms in total. The number of amides is 3. The second kappa shape index (κ2) is 8.69. The van der Waals surface area contributed by atoms with Crippen LogP contribution in [0.5, 0.6) is 0 Å². The number of hydrogen-bond acceptors (Lipinski definition) is 3. The van der Waals surface area contributed by atoms with Crippen LogP contribution in [0.25, 0.3) is 0 Å². The number of carbonyl (C=O) groups is 2. The number of nitrogens with one attached hydrogen (secondary N) is 3. The second-order valence-electron chi connectivity index (χ2n) is 6.01. The molecule has 0 spiro atoms. The Morgan fingerprint density at radius 3 is 2.58 bits per heavy atom. The molecular formula is C19H20ClN3O3. The monoisotopic (exact) mass is 373 g/mol. The van der Waals surface area contributed by atoms with Crippen molar-refractivity contribution in [2.45, 2.75) is 18.9 Å². The van der Waals surface area contributed by atoms with Gasteiger partial charge >= 0.3 is 6.03 Å². The van der Waals surface area contributed by atoms with Gasteiger partial charge in [0.05, 0.1) is 6.10 Å². The van der Waals surface area contributed by atoms with Crippen LogP contribution in [0.3, 0.4) is 0 Å². The summed E-state index contributed by atoms with van der Waals surface area (Å²) in [7, 11) is 0. The third-order valence-corrected chi connectivity index (χ3v) is 4.25. The van der Waals surface area contributed by atoms with Crippen LogP contribution in [0.15, 0.2) is 48.5 Å². The first-order chi connectivity index (χ1) is 12.6. The lowest BCUT2D eigenvalue weighted by atomic mass is 10.1. The highest BCUT2D eigenvalue weighted by Gasteiger charge is 2.16. The fraction of sp³-hybridized carbons (Fsp3) is 0.263. The van der Waals surface area contributed by atoms with Crippen LogP contribution < -0.4 is 16.0 Å². The Hall–Kier alpha value is -2.57. The Morgan fingerprint density at radius 2 is 1.85 bits per heavy atom. The Balaban J connectivity index is 1.55. The fourth-order valence-corrected chi connectivity index (χ4v) is 2.80. The van der Waals surface area contributed by atoms with E-state index in [0.717, 1.165) is 19.4 Å². The second-order valence-corrected chi connectivity index (χ2v) is 6.45. The van der Waals surface area contributed by atoms with E-state index < -0.39 is 6.03 Å². The molecule has 7 heteroatoms. The average molecular weight is 374 g/mol. The first-order valence-corrected chi connectivity index (χ1v) is 8.81. The summed E-state index contributed by atoms with van der Waals surface area (Å²) in [6.07, 6.45) is 2.08. The van der Waals surface area contributed by atoms with Crippen molar-refractivity contribution < 1.29 is 14.3 Å². The zero-order chi connectivity index (χ0) is 18.4. The molecule has 1 aliphatic rings. The Kier molecular flexibility index (Phi) is 6.09. The van der Waals surface area contributed by atoms with Gasteiger partial charge < -0.3 is 20.7 Å². The molecule has 0 aliphatic carbocycles. The maximum Gasteiger partial charge on any atom is 0.323 e. The van der Waals surface area contributed by atoms with Crippen LogP contribution in [-0.4, -0.2) is 31.2 Å². The molecule has 1 saturated heterocycles. The number of hydrogen-bond donors (Lipinski definition) is 3. The molecule has 3 rings (SSSR count). The standard InChI is InChI=1S/C19H20ClN3O3/c20-14-6-8-15(9-7-14)22-19(25)23-16-4-1-3-13(11-16)18(24)21-12-17-5-2-10-26-17/h1,3-4,6-9,11,17H,2,5,10,12H2,(H,21,24)(H2,22,23,25). The van der Waals surface area contributed by atoms with E-state index in [4.69, 9.17) is 16.3 Å². The molecule has 0 aromatic heterocycles. The van der Waals surface area contributed by atoms with Crippen molar-refractivity contribution in [3.05, 3.63) is 59.1 Å². The van der Waals surface area contributed by atoms with Crippen LogP contribution in [-0.2, 0) is 4.74 Å². The highest BCUT2D eigenvalue weighted by atomic mass is 35.5. The van der Waals surface area contributed by atoms with Gasteiger partial charge in [0.25, 0.3) is 5.91 Å². The van der Waals surface area contributed by atoms with Crippen molar-refractivity contribution >= 4 is 34.9 Å². The van der Waals surface area contributed by atoms with Crippen LogP contribution in [0.1, 0.15) is 23.2 Å². The molecule has 1 heterocycles. The summed E-state index contributed by atoms with van der Waals surface area (Å²) in [6.45, 7) is 1.25. The van der Waals surface area contributed by atoms with Gasteiger partial charge in [-0.05, 0) is 55.3 Å². The van der Waals surface area contributed by atoms with Gasteiger partial charge in [0.2, 0.25) is 0 Å². The minimum atomic E-state index is -0.399. The third-order valence-electron chi connectivity index (χ3n) is 4.00. The number of urea groups is 1. The van der Waals surface area contributed by atoms with E-state index in [0.29, 0.717) is 28.5 Å². The molecule has 1 atom stereocenters. The van der Waals surface area contributed by atoms with Gasteiger partial charge in [0, 0.05) is 35.1 Å². The summed E-state index contributed by atoms with van der Waals surface area (Å²) in [5.74, 6) is -0.192. The van der Waals surface area contributed by atoms with E-state index >= 15 is 0 Å². The molecule has 26 heavy (non-hydrogen) atoms. The average Bonchev–Trinajstić information content (AvgIpc) is 3.15. The van der Waals surface area contributed by atoms with Crippen molar-refractivity contribution in [1.29, 1.82) is 0 Å². The number of halogens is 1. The maximum atomic E-state index is 12.3. The van der Waals surface area contributed by atoms with E-state index in [1.807, 2.05) is 0 Å². The molecule has 0 radical (unpaired) electrons. The molecule has 3 amide bonds. The lowest BCUT2D eigenvalue weighted by Gasteiger charge is -2.12. The number of rotatable bonds is 5. The van der Waals surface area contributed by atoms with Crippen LogP contribution in [0.4, 0.5) is 16.2 Å². The minimum absolute atomic E-state index is 0.0883. The van der Waals surface area contributed by atoms with Gasteiger partial charge in [-0.15, -0.1) is 0 Å². The third kappa shape index (κ3) is 5.21. The normalized spacial score (nSPS) is 16.1. The number of ether oxygens (including phenoxy) is 1. The van der Waals surface area contributed by atoms with E-state index in [9.17, 15) is 9.59 Å². The highest BCUT2D eigenvalue weighted by Crippen LogP contribution is 2.15. The topological polar surface area (TPSA) is 79.5 Å². The van der Waals surface area contributed by atoms with E-state index in [2.05, 4.69) is 16.0 Å². The Labute approximate surface area is 156 Å². The molecule has 1 unspecified atom stereocenters. The van der Waals surface area contributed by atoms with Gasteiger partial charge in [-0.25, -0.2) is 4.79 Å². The number of benzene rings is 2. The van der Waals surface area contributed by atoms with Crippen molar-refractivity contribution in [3.63, 3.8) is 0 Å².